The normalized spacial score (nSPS) is 10.2. The molecular weight excluding hydrogens is 268 g/mol. The topological polar surface area (TPSA) is 88.3 Å². The van der Waals surface area contributed by atoms with E-state index in [1.165, 1.54) is 6.20 Å². The van der Waals surface area contributed by atoms with Crippen molar-refractivity contribution in [3.05, 3.63) is 24.0 Å². The number of hydrogen-bond acceptors (Lipinski definition) is 4. The molecule has 3 N–H and O–H groups in total. The van der Waals surface area contributed by atoms with Crippen LogP contribution >= 0.6 is 0 Å². The minimum absolute atomic E-state index is 0.0965. The van der Waals surface area contributed by atoms with E-state index in [1.54, 1.807) is 17.0 Å². The first kappa shape index (κ1) is 16.9. The fourth-order valence-electron chi connectivity index (χ4n) is 1.86. The molecule has 1 rings (SSSR count). The standard InChI is InChI=1S/C15H24N4O2/c1-3-7-17-14(20)11-19(8-4-2)15(21)9-13-6-5-12(16)10-18-13/h5-6,10H,3-4,7-9,11,16H2,1-2H3,(H,17,20). The predicted molar refractivity (Wildman–Crippen MR) is 82.5 cm³/mol. The number of nitrogens with zero attached hydrogens (tertiary/aromatic N) is 2. The van der Waals surface area contributed by atoms with E-state index in [2.05, 4.69) is 10.3 Å². The van der Waals surface area contributed by atoms with Crippen molar-refractivity contribution in [3.8, 4) is 0 Å². The molecule has 0 aliphatic carbocycles. The average Bonchev–Trinajstić information content (AvgIpc) is 2.47. The van der Waals surface area contributed by atoms with Gasteiger partial charge in [-0.3, -0.25) is 14.6 Å². The second-order valence-electron chi connectivity index (χ2n) is 4.92. The lowest BCUT2D eigenvalue weighted by Crippen LogP contribution is -2.42. The molecule has 1 aromatic rings. The monoisotopic (exact) mass is 292 g/mol. The largest absolute Gasteiger partial charge is 0.397 e. The first-order valence-electron chi connectivity index (χ1n) is 7.31. The summed E-state index contributed by atoms with van der Waals surface area (Å²) in [7, 11) is 0. The molecule has 116 valence electrons. The second-order valence-corrected chi connectivity index (χ2v) is 4.92. The number of aromatic nitrogens is 1. The third-order valence-electron chi connectivity index (χ3n) is 2.93. The molecule has 0 aromatic carbocycles. The van der Waals surface area contributed by atoms with Crippen molar-refractivity contribution in [1.82, 2.24) is 15.2 Å². The van der Waals surface area contributed by atoms with E-state index in [0.717, 1.165) is 12.8 Å². The van der Waals surface area contributed by atoms with Gasteiger partial charge in [-0.1, -0.05) is 13.8 Å². The highest BCUT2D eigenvalue weighted by Crippen LogP contribution is 2.04. The zero-order chi connectivity index (χ0) is 15.7. The predicted octanol–water partition coefficient (Wildman–Crippen LogP) is 0.971. The molecule has 0 fully saturated rings. The molecular formula is C15H24N4O2. The molecule has 0 unspecified atom stereocenters. The second kappa shape index (κ2) is 8.94. The highest BCUT2D eigenvalue weighted by Gasteiger charge is 2.17. The molecule has 0 aliphatic rings. The van der Waals surface area contributed by atoms with E-state index < -0.39 is 0 Å². The summed E-state index contributed by atoms with van der Waals surface area (Å²) in [4.78, 5) is 29.7. The molecule has 1 aromatic heterocycles. The molecule has 21 heavy (non-hydrogen) atoms. The van der Waals surface area contributed by atoms with Gasteiger partial charge in [0.1, 0.15) is 0 Å². The van der Waals surface area contributed by atoms with Crippen LogP contribution in [-0.2, 0) is 16.0 Å². The van der Waals surface area contributed by atoms with Crippen molar-refractivity contribution in [2.45, 2.75) is 33.1 Å². The molecule has 0 saturated carbocycles. The van der Waals surface area contributed by atoms with Gasteiger partial charge >= 0.3 is 0 Å². The van der Waals surface area contributed by atoms with Gasteiger partial charge in [0, 0.05) is 18.8 Å². The van der Waals surface area contributed by atoms with Crippen molar-refractivity contribution in [2.75, 3.05) is 25.4 Å². The number of amides is 2. The summed E-state index contributed by atoms with van der Waals surface area (Å²) >= 11 is 0. The Labute approximate surface area is 125 Å². The van der Waals surface area contributed by atoms with Crippen LogP contribution in [0.15, 0.2) is 18.3 Å². The Morgan fingerprint density at radius 1 is 1.29 bits per heavy atom. The minimum Gasteiger partial charge on any atom is -0.397 e. The Kier molecular flexibility index (Phi) is 7.21. The van der Waals surface area contributed by atoms with Crippen molar-refractivity contribution >= 4 is 17.5 Å². The van der Waals surface area contributed by atoms with Crippen LogP contribution in [0, 0.1) is 0 Å². The summed E-state index contributed by atoms with van der Waals surface area (Å²) in [6, 6.07) is 3.45. The van der Waals surface area contributed by atoms with Crippen LogP contribution in [0.3, 0.4) is 0 Å². The van der Waals surface area contributed by atoms with Gasteiger partial charge in [0.2, 0.25) is 11.8 Å². The van der Waals surface area contributed by atoms with Gasteiger partial charge in [-0.25, -0.2) is 0 Å². The van der Waals surface area contributed by atoms with Gasteiger partial charge in [0.15, 0.2) is 0 Å². The quantitative estimate of drug-likeness (QED) is 0.747. The summed E-state index contributed by atoms with van der Waals surface area (Å²) < 4.78 is 0. The number of hydrogen-bond donors (Lipinski definition) is 2. The van der Waals surface area contributed by atoms with Gasteiger partial charge in [-0.05, 0) is 25.0 Å². The molecule has 1 heterocycles. The van der Waals surface area contributed by atoms with E-state index in [0.29, 0.717) is 24.5 Å². The maximum absolute atomic E-state index is 12.3. The maximum Gasteiger partial charge on any atom is 0.239 e. The van der Waals surface area contributed by atoms with Crippen LogP contribution in [0.2, 0.25) is 0 Å². The lowest BCUT2D eigenvalue weighted by molar-refractivity contribution is -0.135. The summed E-state index contributed by atoms with van der Waals surface area (Å²) in [5.74, 6) is -0.218. The van der Waals surface area contributed by atoms with E-state index >= 15 is 0 Å². The van der Waals surface area contributed by atoms with E-state index in [9.17, 15) is 9.59 Å². The zero-order valence-corrected chi connectivity index (χ0v) is 12.8. The lowest BCUT2D eigenvalue weighted by Gasteiger charge is -2.21. The fourth-order valence-corrected chi connectivity index (χ4v) is 1.86. The maximum atomic E-state index is 12.3. The van der Waals surface area contributed by atoms with Crippen LogP contribution in [0.5, 0.6) is 0 Å². The minimum atomic E-state index is -0.121. The molecule has 0 saturated heterocycles. The molecule has 0 radical (unpaired) electrons. The van der Waals surface area contributed by atoms with E-state index in [-0.39, 0.29) is 24.8 Å². The molecule has 0 bridgehead atoms. The Morgan fingerprint density at radius 2 is 2.05 bits per heavy atom. The summed E-state index contributed by atoms with van der Waals surface area (Å²) in [5, 5.41) is 2.78. The SMILES string of the molecule is CCCNC(=O)CN(CCC)C(=O)Cc1ccc(N)cn1. The van der Waals surface area contributed by atoms with Gasteiger partial charge in [0.05, 0.1) is 24.8 Å². The fraction of sp³-hybridized carbons (Fsp3) is 0.533. The van der Waals surface area contributed by atoms with Crippen molar-refractivity contribution in [3.63, 3.8) is 0 Å². The van der Waals surface area contributed by atoms with Crippen LogP contribution < -0.4 is 11.1 Å². The van der Waals surface area contributed by atoms with Crippen molar-refractivity contribution in [1.29, 1.82) is 0 Å². The number of carbonyl (C=O) groups excluding carboxylic acids is 2. The Bertz CT molecular complexity index is 459. The summed E-state index contributed by atoms with van der Waals surface area (Å²) in [5.41, 5.74) is 6.79. The van der Waals surface area contributed by atoms with E-state index in [1.807, 2.05) is 13.8 Å². The molecule has 0 spiro atoms. The highest BCUT2D eigenvalue weighted by atomic mass is 16.2. The zero-order valence-electron chi connectivity index (χ0n) is 12.8. The van der Waals surface area contributed by atoms with Gasteiger partial charge < -0.3 is 16.0 Å². The third kappa shape index (κ3) is 6.25. The molecule has 2 amide bonds. The van der Waals surface area contributed by atoms with Gasteiger partial charge in [-0.15, -0.1) is 0 Å². The number of anilines is 1. The highest BCUT2D eigenvalue weighted by molar-refractivity contribution is 5.85. The van der Waals surface area contributed by atoms with Crippen molar-refractivity contribution < 1.29 is 9.59 Å². The average molecular weight is 292 g/mol. The van der Waals surface area contributed by atoms with Crippen LogP contribution in [0.1, 0.15) is 32.4 Å². The number of nitrogen functional groups attached to an aromatic ring is 1. The Balaban J connectivity index is 2.59. The molecule has 6 heteroatoms. The molecule has 0 aliphatic heterocycles. The summed E-state index contributed by atoms with van der Waals surface area (Å²) in [6.45, 7) is 5.26. The number of nitrogens with two attached hydrogens (primary N) is 1. The Morgan fingerprint density at radius 3 is 2.62 bits per heavy atom. The smallest absolute Gasteiger partial charge is 0.239 e. The number of carbonyl (C=O) groups is 2. The first-order valence-corrected chi connectivity index (χ1v) is 7.31. The van der Waals surface area contributed by atoms with Crippen molar-refractivity contribution in [2.24, 2.45) is 0 Å². The third-order valence-corrected chi connectivity index (χ3v) is 2.93. The van der Waals surface area contributed by atoms with Gasteiger partial charge in [-0.2, -0.15) is 0 Å². The molecule has 6 nitrogen and oxygen atoms in total. The lowest BCUT2D eigenvalue weighted by atomic mass is 10.2. The van der Waals surface area contributed by atoms with Gasteiger partial charge in [0.25, 0.3) is 0 Å². The van der Waals surface area contributed by atoms with Crippen LogP contribution in [0.4, 0.5) is 5.69 Å². The number of nitrogens with one attached hydrogen (secondary N) is 1. The first-order chi connectivity index (χ1) is 10.1. The molecule has 0 atom stereocenters. The van der Waals surface area contributed by atoms with Crippen LogP contribution in [0.25, 0.3) is 0 Å². The van der Waals surface area contributed by atoms with Crippen LogP contribution in [-0.4, -0.2) is 41.3 Å². The summed E-state index contributed by atoms with van der Waals surface area (Å²) in [6.07, 6.45) is 3.40. The van der Waals surface area contributed by atoms with E-state index in [4.69, 9.17) is 5.73 Å². The Hall–Kier alpha value is -2.11. The number of pyridine rings is 1. The number of rotatable bonds is 8.